The van der Waals surface area contributed by atoms with E-state index in [2.05, 4.69) is 9.64 Å². The van der Waals surface area contributed by atoms with Gasteiger partial charge in [-0.1, -0.05) is 0 Å². The Morgan fingerprint density at radius 3 is 2.72 bits per heavy atom. The molecular weight excluding hydrogens is 234 g/mol. The molecular formula is C13H23NO4. The van der Waals surface area contributed by atoms with Crippen LogP contribution in [0.15, 0.2) is 0 Å². The van der Waals surface area contributed by atoms with Crippen molar-refractivity contribution >= 4 is 5.97 Å². The third-order valence-corrected chi connectivity index (χ3v) is 4.23. The van der Waals surface area contributed by atoms with Crippen LogP contribution in [0.2, 0.25) is 0 Å². The summed E-state index contributed by atoms with van der Waals surface area (Å²) in [6.45, 7) is 5.43. The topological polar surface area (TPSA) is 59.0 Å². The van der Waals surface area contributed by atoms with Gasteiger partial charge in [0.2, 0.25) is 0 Å². The first-order valence-corrected chi connectivity index (χ1v) is 6.58. The van der Waals surface area contributed by atoms with Crippen LogP contribution in [-0.4, -0.2) is 61.5 Å². The lowest BCUT2D eigenvalue weighted by atomic mass is 9.80. The van der Waals surface area contributed by atoms with E-state index in [1.807, 2.05) is 0 Å². The lowest BCUT2D eigenvalue weighted by Gasteiger charge is -2.34. The molecule has 0 aromatic carbocycles. The molecule has 5 nitrogen and oxygen atoms in total. The summed E-state index contributed by atoms with van der Waals surface area (Å²) in [5, 5.41) is 10.1. The molecule has 2 aliphatic rings. The van der Waals surface area contributed by atoms with Gasteiger partial charge in [0, 0.05) is 26.3 Å². The van der Waals surface area contributed by atoms with Gasteiger partial charge in [0.25, 0.3) is 0 Å². The van der Waals surface area contributed by atoms with Crippen molar-refractivity contribution in [3.63, 3.8) is 0 Å². The van der Waals surface area contributed by atoms with E-state index in [4.69, 9.17) is 4.74 Å². The molecule has 0 saturated carbocycles. The van der Waals surface area contributed by atoms with Crippen molar-refractivity contribution in [3.8, 4) is 0 Å². The van der Waals surface area contributed by atoms with Crippen molar-refractivity contribution in [1.29, 1.82) is 0 Å². The average molecular weight is 257 g/mol. The Morgan fingerprint density at radius 1 is 1.44 bits per heavy atom. The van der Waals surface area contributed by atoms with Crippen molar-refractivity contribution in [2.24, 2.45) is 5.41 Å². The summed E-state index contributed by atoms with van der Waals surface area (Å²) in [6.07, 6.45) is 3.31. The first-order chi connectivity index (χ1) is 8.47. The zero-order chi connectivity index (χ0) is 13.2. The fourth-order valence-corrected chi connectivity index (χ4v) is 3.10. The predicted molar refractivity (Wildman–Crippen MR) is 66.2 cm³/mol. The molecule has 18 heavy (non-hydrogen) atoms. The second-order valence-electron chi connectivity index (χ2n) is 5.84. The van der Waals surface area contributed by atoms with E-state index in [-0.39, 0.29) is 0 Å². The number of hydrogen-bond acceptors (Lipinski definition) is 5. The smallest absolute Gasteiger partial charge is 0.338 e. The van der Waals surface area contributed by atoms with E-state index in [0.29, 0.717) is 12.0 Å². The van der Waals surface area contributed by atoms with Gasteiger partial charge in [-0.2, -0.15) is 0 Å². The molecule has 2 fully saturated rings. The van der Waals surface area contributed by atoms with E-state index in [1.54, 1.807) is 0 Å². The molecule has 1 N–H and O–H groups in total. The van der Waals surface area contributed by atoms with E-state index in [9.17, 15) is 9.90 Å². The molecule has 0 aromatic heterocycles. The molecule has 0 aromatic rings. The number of nitrogens with zero attached hydrogens (tertiary/aromatic N) is 1. The fraction of sp³-hybridized carbons (Fsp3) is 0.923. The van der Waals surface area contributed by atoms with Crippen LogP contribution in [0, 0.1) is 5.41 Å². The van der Waals surface area contributed by atoms with E-state index >= 15 is 0 Å². The Kier molecular flexibility index (Phi) is 3.94. The van der Waals surface area contributed by atoms with E-state index < -0.39 is 11.6 Å². The van der Waals surface area contributed by atoms with Crippen LogP contribution in [0.3, 0.4) is 0 Å². The number of methoxy groups -OCH3 is 1. The standard InChI is InChI=1S/C13H23NO4/c1-12(16,11(15)17-2)9-14-6-3-13(10-14)4-7-18-8-5-13/h16H,3-10H2,1-2H3. The summed E-state index contributed by atoms with van der Waals surface area (Å²) in [4.78, 5) is 13.6. The quantitative estimate of drug-likeness (QED) is 0.742. The summed E-state index contributed by atoms with van der Waals surface area (Å²) in [6, 6.07) is 0. The summed E-state index contributed by atoms with van der Waals surface area (Å²) < 4.78 is 10.0. The number of hydrogen-bond donors (Lipinski definition) is 1. The summed E-state index contributed by atoms with van der Waals surface area (Å²) >= 11 is 0. The molecule has 0 aliphatic carbocycles. The van der Waals surface area contributed by atoms with Gasteiger partial charge in [-0.3, -0.25) is 4.90 Å². The number of likely N-dealkylation sites (tertiary alicyclic amines) is 1. The van der Waals surface area contributed by atoms with Gasteiger partial charge >= 0.3 is 5.97 Å². The molecule has 1 unspecified atom stereocenters. The summed E-state index contributed by atoms with van der Waals surface area (Å²) in [5.74, 6) is -0.560. The van der Waals surface area contributed by atoms with Gasteiger partial charge in [-0.05, 0) is 38.1 Å². The van der Waals surface area contributed by atoms with Gasteiger partial charge in [-0.25, -0.2) is 4.79 Å². The molecule has 104 valence electrons. The molecule has 0 radical (unpaired) electrons. The molecule has 1 spiro atoms. The Morgan fingerprint density at radius 2 is 2.11 bits per heavy atom. The second-order valence-corrected chi connectivity index (χ2v) is 5.84. The first kappa shape index (κ1) is 13.8. The summed E-state index contributed by atoms with van der Waals surface area (Å²) in [7, 11) is 1.31. The van der Waals surface area contributed by atoms with Crippen molar-refractivity contribution in [2.45, 2.75) is 31.8 Å². The molecule has 5 heteroatoms. The number of β-amino-alcohol motifs (C(OH)–C–C–N with tert-alkyl or cyclic N) is 1. The Bertz CT molecular complexity index is 310. The Balaban J connectivity index is 1.91. The van der Waals surface area contributed by atoms with Crippen LogP contribution in [0.25, 0.3) is 0 Å². The van der Waals surface area contributed by atoms with Crippen LogP contribution in [-0.2, 0) is 14.3 Å². The molecule has 0 amide bonds. The average Bonchev–Trinajstić information content (AvgIpc) is 2.71. The predicted octanol–water partition coefficient (Wildman–Crippen LogP) is 0.413. The van der Waals surface area contributed by atoms with Gasteiger partial charge in [0.05, 0.1) is 7.11 Å². The third-order valence-electron chi connectivity index (χ3n) is 4.23. The minimum Gasteiger partial charge on any atom is -0.467 e. The van der Waals surface area contributed by atoms with Crippen LogP contribution in [0.1, 0.15) is 26.2 Å². The molecule has 2 rings (SSSR count). The largest absolute Gasteiger partial charge is 0.467 e. The van der Waals surface area contributed by atoms with Gasteiger partial charge in [0.1, 0.15) is 0 Å². The first-order valence-electron chi connectivity index (χ1n) is 6.58. The maximum absolute atomic E-state index is 11.5. The van der Waals surface area contributed by atoms with Gasteiger partial charge in [-0.15, -0.1) is 0 Å². The zero-order valence-corrected chi connectivity index (χ0v) is 11.3. The van der Waals surface area contributed by atoms with E-state index in [0.717, 1.165) is 45.6 Å². The number of ether oxygens (including phenoxy) is 2. The SMILES string of the molecule is COC(=O)C(C)(O)CN1CCC2(CCOCC2)C1. The maximum Gasteiger partial charge on any atom is 0.338 e. The number of aliphatic hydroxyl groups is 1. The van der Waals surface area contributed by atoms with Gasteiger partial charge < -0.3 is 14.6 Å². The highest BCUT2D eigenvalue weighted by Crippen LogP contribution is 2.39. The fourth-order valence-electron chi connectivity index (χ4n) is 3.10. The van der Waals surface area contributed by atoms with Crippen molar-refractivity contribution in [3.05, 3.63) is 0 Å². The minimum absolute atomic E-state index is 0.338. The van der Waals surface area contributed by atoms with Crippen LogP contribution < -0.4 is 0 Å². The number of rotatable bonds is 3. The van der Waals surface area contributed by atoms with Crippen LogP contribution in [0.4, 0.5) is 0 Å². The lowest BCUT2D eigenvalue weighted by molar-refractivity contribution is -0.162. The number of esters is 1. The highest BCUT2D eigenvalue weighted by atomic mass is 16.5. The monoisotopic (exact) mass is 257 g/mol. The van der Waals surface area contributed by atoms with Crippen molar-refractivity contribution in [1.82, 2.24) is 4.90 Å². The molecule has 2 saturated heterocycles. The number of carbonyl (C=O) groups excluding carboxylic acids is 1. The van der Waals surface area contributed by atoms with Crippen molar-refractivity contribution in [2.75, 3.05) is 40.0 Å². The summed E-state index contributed by atoms with van der Waals surface area (Å²) in [5.41, 5.74) is -1.07. The molecule has 0 bridgehead atoms. The van der Waals surface area contributed by atoms with Crippen LogP contribution >= 0.6 is 0 Å². The van der Waals surface area contributed by atoms with Crippen LogP contribution in [0.5, 0.6) is 0 Å². The normalized spacial score (nSPS) is 27.1. The lowest BCUT2D eigenvalue weighted by Crippen LogP contribution is -2.47. The highest BCUT2D eigenvalue weighted by Gasteiger charge is 2.42. The van der Waals surface area contributed by atoms with Gasteiger partial charge in [0.15, 0.2) is 5.60 Å². The molecule has 2 heterocycles. The number of carbonyl (C=O) groups is 1. The maximum atomic E-state index is 11.5. The minimum atomic E-state index is -1.41. The van der Waals surface area contributed by atoms with E-state index in [1.165, 1.54) is 14.0 Å². The third kappa shape index (κ3) is 2.84. The van der Waals surface area contributed by atoms with Crippen molar-refractivity contribution < 1.29 is 19.4 Å². The molecule has 1 atom stereocenters. The highest BCUT2D eigenvalue weighted by molar-refractivity contribution is 5.78. The second kappa shape index (κ2) is 5.15. The Hall–Kier alpha value is -0.650. The zero-order valence-electron chi connectivity index (χ0n) is 11.3. The molecule has 2 aliphatic heterocycles. The Labute approximate surface area is 108 Å².